The molecule has 0 fully saturated rings. The minimum absolute atomic E-state index is 0.0278. The molecule has 0 heterocycles. The summed E-state index contributed by atoms with van der Waals surface area (Å²) in [5.41, 5.74) is 1.43. The monoisotopic (exact) mass is 276 g/mol. The minimum atomic E-state index is -0.0342. The van der Waals surface area contributed by atoms with Gasteiger partial charge in [0.15, 0.2) is 0 Å². The third kappa shape index (κ3) is 6.36. The molecule has 0 bridgehead atoms. The van der Waals surface area contributed by atoms with E-state index in [2.05, 4.69) is 17.6 Å². The van der Waals surface area contributed by atoms with Crippen molar-refractivity contribution in [2.45, 2.75) is 52.4 Å². The number of carbonyl (C=O) groups excluding carboxylic acids is 2. The fourth-order valence-electron chi connectivity index (χ4n) is 1.86. The second-order valence-corrected chi connectivity index (χ2v) is 4.84. The highest BCUT2D eigenvalue weighted by Gasteiger charge is 2.04. The molecule has 0 unspecified atom stereocenters. The van der Waals surface area contributed by atoms with Crippen molar-refractivity contribution in [1.29, 1.82) is 0 Å². The Bertz CT molecular complexity index is 444. The lowest BCUT2D eigenvalue weighted by Gasteiger charge is -2.08. The molecule has 1 aromatic rings. The molecule has 0 atom stereocenters. The zero-order chi connectivity index (χ0) is 14.8. The van der Waals surface area contributed by atoms with E-state index >= 15 is 0 Å². The average Bonchev–Trinajstić information content (AvgIpc) is 2.44. The lowest BCUT2D eigenvalue weighted by molar-refractivity contribution is -0.116. The Morgan fingerprint density at radius 2 is 1.60 bits per heavy atom. The molecule has 4 nitrogen and oxygen atoms in total. The highest BCUT2D eigenvalue weighted by Crippen LogP contribution is 2.16. The highest BCUT2D eigenvalue weighted by molar-refractivity contribution is 5.93. The summed E-state index contributed by atoms with van der Waals surface area (Å²) in [7, 11) is 0. The number of nitrogens with one attached hydrogen (secondary N) is 2. The van der Waals surface area contributed by atoms with E-state index in [0.29, 0.717) is 18.5 Å². The van der Waals surface area contributed by atoms with Crippen LogP contribution in [0.15, 0.2) is 24.3 Å². The van der Waals surface area contributed by atoms with Gasteiger partial charge in [-0.3, -0.25) is 9.59 Å². The van der Waals surface area contributed by atoms with Gasteiger partial charge in [-0.2, -0.15) is 0 Å². The van der Waals surface area contributed by atoms with Crippen molar-refractivity contribution in [2.24, 2.45) is 0 Å². The molecule has 2 amide bonds. The van der Waals surface area contributed by atoms with Crippen LogP contribution in [0.4, 0.5) is 11.4 Å². The Hall–Kier alpha value is -1.84. The van der Waals surface area contributed by atoms with Gasteiger partial charge in [0.25, 0.3) is 0 Å². The van der Waals surface area contributed by atoms with Gasteiger partial charge in [0.2, 0.25) is 11.8 Å². The van der Waals surface area contributed by atoms with E-state index in [1.165, 1.54) is 12.8 Å². The van der Waals surface area contributed by atoms with Gasteiger partial charge in [0.1, 0.15) is 0 Å². The van der Waals surface area contributed by atoms with Gasteiger partial charge >= 0.3 is 0 Å². The predicted octanol–water partition coefficient (Wildman–Crippen LogP) is 3.94. The lowest BCUT2D eigenvalue weighted by Crippen LogP contribution is -2.12. The van der Waals surface area contributed by atoms with Crippen LogP contribution in [-0.4, -0.2) is 11.8 Å². The van der Waals surface area contributed by atoms with Crippen LogP contribution in [0.1, 0.15) is 52.4 Å². The Balaban J connectivity index is 2.45. The van der Waals surface area contributed by atoms with Crippen molar-refractivity contribution < 1.29 is 9.59 Å². The lowest BCUT2D eigenvalue weighted by atomic mass is 10.1. The molecule has 0 saturated heterocycles. The van der Waals surface area contributed by atoms with Crippen molar-refractivity contribution in [3.05, 3.63) is 24.3 Å². The molecule has 1 aromatic carbocycles. The topological polar surface area (TPSA) is 58.2 Å². The molecule has 4 heteroatoms. The fourth-order valence-corrected chi connectivity index (χ4v) is 1.86. The number of unbranched alkanes of at least 4 members (excludes halogenated alkanes) is 3. The Kier molecular flexibility index (Phi) is 7.40. The van der Waals surface area contributed by atoms with Crippen molar-refractivity contribution in [2.75, 3.05) is 10.6 Å². The normalized spacial score (nSPS) is 10.1. The molecular formula is C16H24N2O2. The summed E-state index contributed by atoms with van der Waals surface area (Å²) in [4.78, 5) is 23.1. The first-order valence-corrected chi connectivity index (χ1v) is 7.35. The largest absolute Gasteiger partial charge is 0.326 e. The second kappa shape index (κ2) is 9.13. The van der Waals surface area contributed by atoms with Crippen molar-refractivity contribution in [3.63, 3.8) is 0 Å². The standard InChI is InChI=1S/C16H24N2O2/c1-3-5-6-7-11-16(20)18-14-10-8-9-13(12-14)17-15(19)4-2/h8-10,12H,3-7,11H2,1-2H3,(H,17,19)(H,18,20). The third-order valence-electron chi connectivity index (χ3n) is 3.01. The number of amides is 2. The van der Waals surface area contributed by atoms with Crippen molar-refractivity contribution in [3.8, 4) is 0 Å². The molecule has 1 rings (SSSR count). The van der Waals surface area contributed by atoms with E-state index in [4.69, 9.17) is 0 Å². The number of hydrogen-bond donors (Lipinski definition) is 2. The number of hydrogen-bond acceptors (Lipinski definition) is 2. The average molecular weight is 276 g/mol. The molecule has 110 valence electrons. The van der Waals surface area contributed by atoms with Gasteiger partial charge in [-0.05, 0) is 24.6 Å². The molecule has 0 radical (unpaired) electrons. The first kappa shape index (κ1) is 16.2. The SMILES string of the molecule is CCCCCCC(=O)Nc1cccc(NC(=O)CC)c1. The van der Waals surface area contributed by atoms with Crippen LogP contribution in [0, 0.1) is 0 Å². The van der Waals surface area contributed by atoms with Crippen LogP contribution in [0.5, 0.6) is 0 Å². The maximum atomic E-state index is 11.8. The minimum Gasteiger partial charge on any atom is -0.326 e. The number of anilines is 2. The summed E-state index contributed by atoms with van der Waals surface area (Å²) >= 11 is 0. The molecule has 20 heavy (non-hydrogen) atoms. The fraction of sp³-hybridized carbons (Fsp3) is 0.500. The maximum Gasteiger partial charge on any atom is 0.224 e. The highest BCUT2D eigenvalue weighted by atomic mass is 16.2. The van der Waals surface area contributed by atoms with Crippen LogP contribution in [0.2, 0.25) is 0 Å². The van der Waals surface area contributed by atoms with Crippen LogP contribution in [-0.2, 0) is 9.59 Å². The zero-order valence-electron chi connectivity index (χ0n) is 12.4. The van der Waals surface area contributed by atoms with E-state index in [1.54, 1.807) is 13.0 Å². The number of carbonyl (C=O) groups is 2. The van der Waals surface area contributed by atoms with Crippen LogP contribution >= 0.6 is 0 Å². The number of benzene rings is 1. The van der Waals surface area contributed by atoms with Gasteiger partial charge < -0.3 is 10.6 Å². The van der Waals surface area contributed by atoms with Gasteiger partial charge in [0, 0.05) is 24.2 Å². The number of rotatable bonds is 8. The van der Waals surface area contributed by atoms with Gasteiger partial charge in [0.05, 0.1) is 0 Å². The zero-order valence-corrected chi connectivity index (χ0v) is 12.4. The second-order valence-electron chi connectivity index (χ2n) is 4.84. The summed E-state index contributed by atoms with van der Waals surface area (Å²) in [6.07, 6.45) is 5.34. The molecule has 2 N–H and O–H groups in total. The summed E-state index contributed by atoms with van der Waals surface area (Å²) in [5, 5.41) is 5.64. The molecule has 0 saturated carbocycles. The van der Waals surface area contributed by atoms with Crippen LogP contribution < -0.4 is 10.6 Å². The van der Waals surface area contributed by atoms with Gasteiger partial charge in [-0.25, -0.2) is 0 Å². The Morgan fingerprint density at radius 3 is 2.20 bits per heavy atom. The first-order valence-electron chi connectivity index (χ1n) is 7.35. The van der Waals surface area contributed by atoms with Gasteiger partial charge in [-0.1, -0.05) is 39.2 Å². The van der Waals surface area contributed by atoms with E-state index in [1.807, 2.05) is 18.2 Å². The molecule has 0 spiro atoms. The van der Waals surface area contributed by atoms with Crippen LogP contribution in [0.3, 0.4) is 0 Å². The summed E-state index contributed by atoms with van der Waals surface area (Å²) < 4.78 is 0. The summed E-state index contributed by atoms with van der Waals surface area (Å²) in [6.45, 7) is 3.95. The maximum absolute atomic E-state index is 11.8. The Labute approximate surface area is 121 Å². The van der Waals surface area contributed by atoms with Crippen LogP contribution in [0.25, 0.3) is 0 Å². The van der Waals surface area contributed by atoms with Crippen molar-refractivity contribution in [1.82, 2.24) is 0 Å². The molecule has 0 aliphatic carbocycles. The molecule has 0 aromatic heterocycles. The smallest absolute Gasteiger partial charge is 0.224 e. The molecule has 0 aliphatic rings. The summed E-state index contributed by atoms with van der Waals surface area (Å²) in [6, 6.07) is 7.23. The van der Waals surface area contributed by atoms with E-state index < -0.39 is 0 Å². The Morgan fingerprint density at radius 1 is 0.950 bits per heavy atom. The third-order valence-corrected chi connectivity index (χ3v) is 3.01. The predicted molar refractivity (Wildman–Crippen MR) is 82.8 cm³/mol. The van der Waals surface area contributed by atoms with E-state index in [9.17, 15) is 9.59 Å². The first-order chi connectivity index (χ1) is 9.65. The van der Waals surface area contributed by atoms with Gasteiger partial charge in [-0.15, -0.1) is 0 Å². The summed E-state index contributed by atoms with van der Waals surface area (Å²) in [5.74, 6) is -0.00638. The molecule has 0 aliphatic heterocycles. The van der Waals surface area contributed by atoms with E-state index in [0.717, 1.165) is 18.5 Å². The molecular weight excluding hydrogens is 252 g/mol. The quantitative estimate of drug-likeness (QED) is 0.706. The van der Waals surface area contributed by atoms with Crippen molar-refractivity contribution >= 4 is 23.2 Å². The van der Waals surface area contributed by atoms with E-state index in [-0.39, 0.29) is 11.8 Å².